The normalized spacial score (nSPS) is 10.3. The molecule has 0 saturated carbocycles. The van der Waals surface area contributed by atoms with E-state index >= 15 is 0 Å². The first-order valence-corrected chi connectivity index (χ1v) is 8.24. The fourth-order valence-corrected chi connectivity index (χ4v) is 3.97. The van der Waals surface area contributed by atoms with Gasteiger partial charge in [-0.2, -0.15) is 0 Å². The van der Waals surface area contributed by atoms with Crippen LogP contribution in [0.2, 0.25) is 0 Å². The number of hydrogen-bond donors (Lipinski definition) is 2. The van der Waals surface area contributed by atoms with E-state index in [1.165, 1.54) is 11.3 Å². The van der Waals surface area contributed by atoms with Crippen molar-refractivity contribution in [3.8, 4) is 0 Å². The van der Waals surface area contributed by atoms with Gasteiger partial charge in [0.25, 0.3) is 5.91 Å². The third-order valence-electron chi connectivity index (χ3n) is 2.75. The molecule has 19 heavy (non-hydrogen) atoms. The summed E-state index contributed by atoms with van der Waals surface area (Å²) >= 11 is 3.05. The van der Waals surface area contributed by atoms with Crippen LogP contribution < -0.4 is 16.0 Å². The molecule has 0 unspecified atom stereocenters. The standard InChI is InChI=1S/C13H21N3OS2/c1-5-8-15-12(17)10-9(14)11(18-4)13(19-10)16(6-2)7-3/h5H,1,6-8,14H2,2-4H3,(H,15,17). The third-order valence-corrected chi connectivity index (χ3v) is 4.97. The first-order valence-electron chi connectivity index (χ1n) is 6.20. The molecule has 0 aliphatic rings. The lowest BCUT2D eigenvalue weighted by molar-refractivity contribution is 0.0963. The van der Waals surface area contributed by atoms with Crippen molar-refractivity contribution in [3.63, 3.8) is 0 Å². The number of nitrogens with two attached hydrogens (primary N) is 1. The highest BCUT2D eigenvalue weighted by Gasteiger charge is 2.22. The average molecular weight is 299 g/mol. The van der Waals surface area contributed by atoms with Crippen LogP contribution in [0.5, 0.6) is 0 Å². The Labute approximate surface area is 123 Å². The van der Waals surface area contributed by atoms with Crippen molar-refractivity contribution in [2.45, 2.75) is 18.7 Å². The van der Waals surface area contributed by atoms with Gasteiger partial charge in [-0.25, -0.2) is 0 Å². The number of rotatable bonds is 7. The second-order valence-corrected chi connectivity index (χ2v) is 5.67. The van der Waals surface area contributed by atoms with Crippen LogP contribution in [0, 0.1) is 0 Å². The van der Waals surface area contributed by atoms with Gasteiger partial charge in [-0.3, -0.25) is 4.79 Å². The molecule has 4 nitrogen and oxygen atoms in total. The van der Waals surface area contributed by atoms with Crippen LogP contribution in [0.15, 0.2) is 17.6 Å². The topological polar surface area (TPSA) is 58.4 Å². The zero-order chi connectivity index (χ0) is 14.4. The Hall–Kier alpha value is -1.14. The van der Waals surface area contributed by atoms with E-state index in [-0.39, 0.29) is 5.91 Å². The van der Waals surface area contributed by atoms with E-state index in [1.807, 2.05) is 6.26 Å². The van der Waals surface area contributed by atoms with Gasteiger partial charge in [0.05, 0.1) is 10.6 Å². The molecule has 3 N–H and O–H groups in total. The van der Waals surface area contributed by atoms with Crippen molar-refractivity contribution in [2.75, 3.05) is 36.5 Å². The van der Waals surface area contributed by atoms with Crippen LogP contribution in [-0.2, 0) is 0 Å². The highest BCUT2D eigenvalue weighted by atomic mass is 32.2. The number of thioether (sulfide) groups is 1. The van der Waals surface area contributed by atoms with E-state index in [0.29, 0.717) is 17.1 Å². The maximum absolute atomic E-state index is 12.0. The smallest absolute Gasteiger partial charge is 0.263 e. The van der Waals surface area contributed by atoms with Crippen LogP contribution in [-0.4, -0.2) is 31.8 Å². The molecular formula is C13H21N3OS2. The van der Waals surface area contributed by atoms with Gasteiger partial charge in [-0.05, 0) is 20.1 Å². The number of hydrogen-bond acceptors (Lipinski definition) is 5. The molecule has 1 amide bonds. The van der Waals surface area contributed by atoms with Gasteiger partial charge >= 0.3 is 0 Å². The first-order chi connectivity index (χ1) is 9.10. The lowest BCUT2D eigenvalue weighted by Gasteiger charge is -2.20. The molecule has 1 aromatic heterocycles. The number of nitrogens with zero attached hydrogens (tertiary/aromatic N) is 1. The molecule has 106 valence electrons. The summed E-state index contributed by atoms with van der Waals surface area (Å²) in [6.45, 7) is 10.0. The van der Waals surface area contributed by atoms with Gasteiger partial charge < -0.3 is 16.0 Å². The predicted octanol–water partition coefficient (Wildman–Crippen LogP) is 2.81. The minimum atomic E-state index is -0.129. The van der Waals surface area contributed by atoms with Gasteiger partial charge in [0.15, 0.2) is 0 Å². The Morgan fingerprint density at radius 1 is 1.53 bits per heavy atom. The molecular weight excluding hydrogens is 278 g/mol. The van der Waals surface area contributed by atoms with E-state index in [0.717, 1.165) is 23.0 Å². The van der Waals surface area contributed by atoms with E-state index in [2.05, 4.69) is 30.6 Å². The minimum absolute atomic E-state index is 0.129. The molecule has 6 heteroatoms. The van der Waals surface area contributed by atoms with Crippen molar-refractivity contribution in [1.82, 2.24) is 5.32 Å². The number of thiophene rings is 1. The summed E-state index contributed by atoms with van der Waals surface area (Å²) in [6.07, 6.45) is 3.64. The second-order valence-electron chi connectivity index (χ2n) is 3.85. The number of carbonyl (C=O) groups is 1. The SMILES string of the molecule is C=CCNC(=O)c1sc(N(CC)CC)c(SC)c1N. The quantitative estimate of drug-likeness (QED) is 0.600. The molecule has 1 rings (SSSR count). The Morgan fingerprint density at radius 2 is 2.16 bits per heavy atom. The summed E-state index contributed by atoms with van der Waals surface area (Å²) in [5, 5.41) is 3.86. The van der Waals surface area contributed by atoms with Crippen LogP contribution in [0.1, 0.15) is 23.5 Å². The largest absolute Gasteiger partial charge is 0.396 e. The molecule has 0 atom stereocenters. The van der Waals surface area contributed by atoms with Crippen molar-refractivity contribution in [1.29, 1.82) is 0 Å². The molecule has 0 spiro atoms. The van der Waals surface area contributed by atoms with Gasteiger partial charge in [-0.1, -0.05) is 6.08 Å². The molecule has 1 heterocycles. The monoisotopic (exact) mass is 299 g/mol. The zero-order valence-corrected chi connectivity index (χ0v) is 13.3. The molecule has 0 aliphatic carbocycles. The van der Waals surface area contributed by atoms with E-state index < -0.39 is 0 Å². The maximum atomic E-state index is 12.0. The Kier molecular flexibility index (Phi) is 6.24. The summed E-state index contributed by atoms with van der Waals surface area (Å²) in [4.78, 5) is 15.9. The lowest BCUT2D eigenvalue weighted by Crippen LogP contribution is -2.23. The summed E-state index contributed by atoms with van der Waals surface area (Å²) in [6, 6.07) is 0. The zero-order valence-electron chi connectivity index (χ0n) is 11.7. The average Bonchev–Trinajstić information content (AvgIpc) is 2.74. The summed E-state index contributed by atoms with van der Waals surface area (Å²) in [5.41, 5.74) is 6.69. The summed E-state index contributed by atoms with van der Waals surface area (Å²) in [5.74, 6) is -0.129. The summed E-state index contributed by atoms with van der Waals surface area (Å²) in [7, 11) is 0. The number of nitrogens with one attached hydrogen (secondary N) is 1. The van der Waals surface area contributed by atoms with Gasteiger partial charge in [0.1, 0.15) is 9.88 Å². The van der Waals surface area contributed by atoms with Gasteiger partial charge in [0, 0.05) is 19.6 Å². The van der Waals surface area contributed by atoms with Crippen molar-refractivity contribution >= 4 is 39.7 Å². The van der Waals surface area contributed by atoms with Crippen LogP contribution in [0.25, 0.3) is 0 Å². The van der Waals surface area contributed by atoms with E-state index in [4.69, 9.17) is 5.73 Å². The molecule has 1 aromatic rings. The fourth-order valence-electron chi connectivity index (χ4n) is 1.75. The Balaban J connectivity index is 3.14. The van der Waals surface area contributed by atoms with Gasteiger partial charge in [-0.15, -0.1) is 29.7 Å². The van der Waals surface area contributed by atoms with Crippen molar-refractivity contribution < 1.29 is 4.79 Å². The lowest BCUT2D eigenvalue weighted by atomic mass is 10.3. The van der Waals surface area contributed by atoms with E-state index in [9.17, 15) is 4.79 Å². The van der Waals surface area contributed by atoms with Crippen molar-refractivity contribution in [2.24, 2.45) is 0 Å². The molecule has 0 aliphatic heterocycles. The van der Waals surface area contributed by atoms with Gasteiger partial charge in [0.2, 0.25) is 0 Å². The fraction of sp³-hybridized carbons (Fsp3) is 0.462. The molecule has 0 aromatic carbocycles. The number of amides is 1. The number of nitrogen functional groups attached to an aromatic ring is 1. The second kappa shape index (κ2) is 7.45. The Bertz CT molecular complexity index is 453. The first kappa shape index (κ1) is 15.9. The van der Waals surface area contributed by atoms with Crippen LogP contribution >= 0.6 is 23.1 Å². The molecule has 0 radical (unpaired) electrons. The van der Waals surface area contributed by atoms with Crippen molar-refractivity contribution in [3.05, 3.63) is 17.5 Å². The molecule has 0 fully saturated rings. The maximum Gasteiger partial charge on any atom is 0.263 e. The predicted molar refractivity (Wildman–Crippen MR) is 86.6 cm³/mol. The molecule has 0 saturated heterocycles. The highest BCUT2D eigenvalue weighted by Crippen LogP contribution is 2.43. The minimum Gasteiger partial charge on any atom is -0.396 e. The van der Waals surface area contributed by atoms with Crippen LogP contribution in [0.4, 0.5) is 10.7 Å². The third kappa shape index (κ3) is 3.45. The Morgan fingerprint density at radius 3 is 2.63 bits per heavy atom. The van der Waals surface area contributed by atoms with E-state index in [1.54, 1.807) is 17.8 Å². The number of anilines is 2. The highest BCUT2D eigenvalue weighted by molar-refractivity contribution is 7.99. The summed E-state index contributed by atoms with van der Waals surface area (Å²) < 4.78 is 0. The van der Waals surface area contributed by atoms with Crippen LogP contribution in [0.3, 0.4) is 0 Å². The molecule has 0 bridgehead atoms. The number of carbonyl (C=O) groups excluding carboxylic acids is 1.